The highest BCUT2D eigenvalue weighted by Gasteiger charge is 2.56. The van der Waals surface area contributed by atoms with Crippen LogP contribution in [0, 0.1) is 0 Å². The average molecular weight is 375 g/mol. The molecule has 0 bridgehead atoms. The Morgan fingerprint density at radius 1 is 1.21 bits per heavy atom. The van der Waals surface area contributed by atoms with Crippen LogP contribution in [0.1, 0.15) is 39.5 Å². The van der Waals surface area contributed by atoms with Gasteiger partial charge in [0, 0.05) is 12.6 Å². The Morgan fingerprint density at radius 3 is 2.33 bits per heavy atom. The Hall–Kier alpha value is -0.700. The number of nitrogens with zero attached hydrogens (tertiary/aromatic N) is 2. The van der Waals surface area contributed by atoms with Crippen LogP contribution in [0.4, 0.5) is 0 Å². The first kappa shape index (κ1) is 19.6. The van der Waals surface area contributed by atoms with Crippen LogP contribution in [0.2, 0.25) is 0 Å². The van der Waals surface area contributed by atoms with E-state index in [2.05, 4.69) is 37.7 Å². The molecule has 2 saturated heterocycles. The number of aliphatic carboxylic acids is 2. The van der Waals surface area contributed by atoms with Crippen molar-refractivity contribution in [2.75, 3.05) is 20.6 Å². The molecule has 0 amide bonds. The van der Waals surface area contributed by atoms with E-state index in [1.807, 2.05) is 0 Å². The summed E-state index contributed by atoms with van der Waals surface area (Å²) in [6, 6.07) is 0.397. The van der Waals surface area contributed by atoms with E-state index >= 15 is 0 Å². The lowest BCUT2D eigenvalue weighted by atomic mass is 9.99. The Kier molecular flexibility index (Phi) is 6.28. The van der Waals surface area contributed by atoms with Crippen LogP contribution in [0.3, 0.4) is 0 Å². The first-order valence-electron chi connectivity index (χ1n) is 8.28. The van der Waals surface area contributed by atoms with Crippen molar-refractivity contribution < 1.29 is 19.8 Å². The number of fused-ring (bicyclic) bond motifs is 1. The second-order valence-corrected chi connectivity index (χ2v) is 9.10. The van der Waals surface area contributed by atoms with E-state index < -0.39 is 17.5 Å². The van der Waals surface area contributed by atoms with E-state index in [0.717, 1.165) is 32.2 Å². The second-order valence-electron chi connectivity index (χ2n) is 6.43. The lowest BCUT2D eigenvalue weighted by molar-refractivity contribution is -0.140. The number of hydrogen-bond donors (Lipinski definition) is 2. The summed E-state index contributed by atoms with van der Waals surface area (Å²) in [6.45, 7) is 5.20. The lowest BCUT2D eigenvalue weighted by Gasteiger charge is -2.53. The minimum atomic E-state index is -1.36. The largest absolute Gasteiger partial charge is 0.477 e. The topological polar surface area (TPSA) is 81.1 Å². The van der Waals surface area contributed by atoms with Crippen LogP contribution in [0.5, 0.6) is 0 Å². The summed E-state index contributed by atoms with van der Waals surface area (Å²) in [5, 5.41) is 18.7. The van der Waals surface area contributed by atoms with Gasteiger partial charge in [0.2, 0.25) is 0 Å². The maximum atomic E-state index is 11.4. The Labute approximate surface area is 151 Å². The summed E-state index contributed by atoms with van der Waals surface area (Å²) in [7, 11) is 4.16. The number of piperazine rings is 1. The highest BCUT2D eigenvalue weighted by Crippen LogP contribution is 2.61. The molecule has 2 rings (SSSR count). The second kappa shape index (κ2) is 7.68. The molecule has 24 heavy (non-hydrogen) atoms. The molecule has 0 aliphatic carbocycles. The molecule has 0 aromatic rings. The third-order valence-electron chi connectivity index (χ3n) is 4.78. The quantitative estimate of drug-likeness (QED) is 0.417. The van der Waals surface area contributed by atoms with Crippen molar-refractivity contribution in [1.29, 1.82) is 0 Å². The number of hydrogen-bond acceptors (Lipinski definition) is 6. The number of carboxylic acids is 2. The van der Waals surface area contributed by atoms with Gasteiger partial charge in [-0.3, -0.25) is 9.80 Å². The van der Waals surface area contributed by atoms with Crippen molar-refractivity contribution in [3.8, 4) is 0 Å². The molecule has 3 unspecified atom stereocenters. The van der Waals surface area contributed by atoms with Crippen molar-refractivity contribution >= 4 is 35.5 Å². The van der Waals surface area contributed by atoms with Gasteiger partial charge in [-0.2, -0.15) is 0 Å². The third-order valence-corrected chi connectivity index (χ3v) is 8.32. The van der Waals surface area contributed by atoms with Crippen molar-refractivity contribution in [2.24, 2.45) is 0 Å². The Morgan fingerprint density at radius 2 is 1.83 bits per heavy atom. The van der Waals surface area contributed by atoms with Crippen LogP contribution in [0.15, 0.2) is 9.81 Å². The Balaban J connectivity index is 2.48. The monoisotopic (exact) mass is 374 g/mol. The summed E-state index contributed by atoms with van der Waals surface area (Å²) in [5.74, 6) is -2.73. The normalized spacial score (nSPS) is 31.1. The molecular formula is C16H26N2O4S2. The zero-order valence-corrected chi connectivity index (χ0v) is 16.2. The van der Waals surface area contributed by atoms with Crippen LogP contribution in [0.25, 0.3) is 0 Å². The highest BCUT2D eigenvalue weighted by atomic mass is 32.2. The van der Waals surface area contributed by atoms with Gasteiger partial charge < -0.3 is 10.2 Å². The molecule has 136 valence electrons. The van der Waals surface area contributed by atoms with Crippen molar-refractivity contribution in [3.05, 3.63) is 9.81 Å². The van der Waals surface area contributed by atoms with E-state index in [9.17, 15) is 19.8 Å². The molecule has 2 aliphatic heterocycles. The fourth-order valence-electron chi connectivity index (χ4n) is 3.67. The van der Waals surface area contributed by atoms with Gasteiger partial charge in [-0.25, -0.2) is 9.59 Å². The molecular weight excluding hydrogens is 348 g/mol. The molecule has 2 heterocycles. The summed E-state index contributed by atoms with van der Waals surface area (Å²) in [6.07, 6.45) is 4.02. The van der Waals surface area contributed by atoms with Gasteiger partial charge in [0.25, 0.3) is 0 Å². The maximum Gasteiger partial charge on any atom is 0.344 e. The minimum absolute atomic E-state index is 0.0595. The first-order chi connectivity index (χ1) is 11.3. The van der Waals surface area contributed by atoms with Gasteiger partial charge in [0.05, 0.1) is 14.5 Å². The number of likely N-dealkylation sites (N-methyl/N-ethyl adjacent to an activating group) is 2. The minimum Gasteiger partial charge on any atom is -0.477 e. The van der Waals surface area contributed by atoms with Gasteiger partial charge in [-0.1, -0.05) is 50.2 Å². The summed E-state index contributed by atoms with van der Waals surface area (Å²) in [4.78, 5) is 27.2. The zero-order chi connectivity index (χ0) is 18.1. The number of carboxylic acid groups (broad SMARTS) is 2. The third kappa shape index (κ3) is 3.34. The zero-order valence-electron chi connectivity index (χ0n) is 14.6. The predicted octanol–water partition coefficient (Wildman–Crippen LogP) is 2.72. The van der Waals surface area contributed by atoms with Crippen molar-refractivity contribution in [2.45, 2.75) is 55.8 Å². The molecule has 2 aliphatic rings. The molecule has 8 heteroatoms. The van der Waals surface area contributed by atoms with Crippen molar-refractivity contribution in [1.82, 2.24) is 9.80 Å². The lowest BCUT2D eigenvalue weighted by Crippen LogP contribution is -2.65. The summed E-state index contributed by atoms with van der Waals surface area (Å²) < 4.78 is 0.421. The summed E-state index contributed by atoms with van der Waals surface area (Å²) in [5.41, 5.74) is -0.497. The van der Waals surface area contributed by atoms with Gasteiger partial charge >= 0.3 is 11.9 Å². The number of rotatable bonds is 6. The predicted molar refractivity (Wildman–Crippen MR) is 98.0 cm³/mol. The summed E-state index contributed by atoms with van der Waals surface area (Å²) >= 11 is 2.83. The van der Waals surface area contributed by atoms with Crippen LogP contribution >= 0.6 is 23.5 Å². The average Bonchev–Trinajstić information content (AvgIpc) is 2.85. The smallest absolute Gasteiger partial charge is 0.344 e. The number of carbonyl (C=O) groups is 2. The molecule has 2 fully saturated rings. The van der Waals surface area contributed by atoms with Crippen LogP contribution in [-0.2, 0) is 9.59 Å². The van der Waals surface area contributed by atoms with E-state index in [1.54, 1.807) is 0 Å². The van der Waals surface area contributed by atoms with E-state index in [0.29, 0.717) is 10.3 Å². The van der Waals surface area contributed by atoms with E-state index in [1.165, 1.54) is 23.5 Å². The Bertz CT molecular complexity index is 538. The number of thioether (sulfide) groups is 2. The standard InChI is InChI=1S/C16H26N2O4S2/c1-5-7-10-9-17(3)15-16(8-6-2,18(10)4)24-14(23-15)11(12(19)20)13(21)22/h10,15H,5-9H2,1-4H3,(H,19,20)(H,21,22). The molecule has 0 aromatic heterocycles. The van der Waals surface area contributed by atoms with Gasteiger partial charge in [0.1, 0.15) is 0 Å². The maximum absolute atomic E-state index is 11.4. The van der Waals surface area contributed by atoms with Crippen molar-refractivity contribution in [3.63, 3.8) is 0 Å². The van der Waals surface area contributed by atoms with Gasteiger partial charge in [0.15, 0.2) is 5.57 Å². The highest BCUT2D eigenvalue weighted by molar-refractivity contribution is 8.26. The molecule has 0 spiro atoms. The molecule has 0 aromatic carbocycles. The van der Waals surface area contributed by atoms with E-state index in [4.69, 9.17) is 0 Å². The molecule has 2 N–H and O–H groups in total. The first-order valence-corrected chi connectivity index (χ1v) is 9.97. The van der Waals surface area contributed by atoms with Crippen LogP contribution in [-0.4, -0.2) is 68.9 Å². The molecule has 6 nitrogen and oxygen atoms in total. The van der Waals surface area contributed by atoms with Gasteiger partial charge in [-0.15, -0.1) is 0 Å². The van der Waals surface area contributed by atoms with Crippen LogP contribution < -0.4 is 0 Å². The van der Waals surface area contributed by atoms with Gasteiger partial charge in [-0.05, 0) is 26.9 Å². The molecule has 0 saturated carbocycles. The SMILES string of the molecule is CCCC1CN(C)C2SC(=C(C(=O)O)C(=O)O)SC2(CCC)N1C. The fraction of sp³-hybridized carbons (Fsp3) is 0.750. The fourth-order valence-corrected chi connectivity index (χ4v) is 7.57. The van der Waals surface area contributed by atoms with E-state index in [-0.39, 0.29) is 10.2 Å². The molecule has 0 radical (unpaired) electrons. The molecule has 3 atom stereocenters.